The van der Waals surface area contributed by atoms with Gasteiger partial charge in [0.1, 0.15) is 25.6 Å². The fourth-order valence-electron chi connectivity index (χ4n) is 2.81. The van der Waals surface area contributed by atoms with Crippen LogP contribution in [0.1, 0.15) is 44.9 Å². The molecule has 0 heterocycles. The Balaban J connectivity index is 5.04. The van der Waals surface area contributed by atoms with Crippen molar-refractivity contribution >= 4 is 23.7 Å². The van der Waals surface area contributed by atoms with Crippen LogP contribution in [0.5, 0.6) is 0 Å². The molecule has 0 spiro atoms. The first-order valence-corrected chi connectivity index (χ1v) is 10.4. The molecular formula is C23H35NO7. The Labute approximate surface area is 184 Å². The molecule has 0 amide bonds. The molecule has 0 radical (unpaired) electrons. The fourth-order valence-corrected chi connectivity index (χ4v) is 2.81. The molecule has 0 aliphatic rings. The highest BCUT2D eigenvalue weighted by atomic mass is 16.5. The molecule has 8 heteroatoms. The van der Waals surface area contributed by atoms with Gasteiger partial charge in [-0.05, 0) is 25.8 Å². The summed E-state index contributed by atoms with van der Waals surface area (Å²) in [5.41, 5.74) is 5.50. The third-order valence-electron chi connectivity index (χ3n) is 4.37. The number of ether oxygens (including phenoxy) is 3. The predicted molar refractivity (Wildman–Crippen MR) is 117 cm³/mol. The van der Waals surface area contributed by atoms with E-state index < -0.39 is 29.7 Å². The maximum Gasteiger partial charge on any atom is 0.309 e. The van der Waals surface area contributed by atoms with E-state index in [0.717, 1.165) is 6.42 Å². The number of esters is 3. The number of rotatable bonds is 19. The Hall–Kier alpha value is -2.74. The van der Waals surface area contributed by atoms with E-state index >= 15 is 0 Å². The van der Waals surface area contributed by atoms with Crippen molar-refractivity contribution in [3.63, 3.8) is 0 Å². The normalized spacial score (nSPS) is 12.2. The number of carbonyl (C=O) groups excluding carboxylic acids is 4. The standard InChI is InChI=1S/C23H35NO7/c1-4-13-29-21(26)11-10-19(23(28)31-15-6-3)17-20(25)16-18(9-7-8-12-24)22(27)30-14-5-2/h4-6,18-19H,1-3,7-17,24H2/t18-,19-/m1/s1. The van der Waals surface area contributed by atoms with Crippen LogP contribution in [0.25, 0.3) is 0 Å². The van der Waals surface area contributed by atoms with Gasteiger partial charge >= 0.3 is 17.9 Å². The Kier molecular flexibility index (Phi) is 16.5. The molecule has 0 aliphatic heterocycles. The van der Waals surface area contributed by atoms with Gasteiger partial charge in [0.25, 0.3) is 0 Å². The van der Waals surface area contributed by atoms with E-state index in [9.17, 15) is 19.2 Å². The molecule has 0 unspecified atom stereocenters. The topological polar surface area (TPSA) is 122 Å². The van der Waals surface area contributed by atoms with Crippen LogP contribution in [-0.2, 0) is 33.4 Å². The number of hydrogen-bond acceptors (Lipinski definition) is 8. The fraction of sp³-hybridized carbons (Fsp3) is 0.565. The highest BCUT2D eigenvalue weighted by molar-refractivity contribution is 5.88. The van der Waals surface area contributed by atoms with Gasteiger partial charge in [-0.25, -0.2) is 0 Å². The summed E-state index contributed by atoms with van der Waals surface area (Å²) in [5.74, 6) is -3.31. The zero-order valence-electron chi connectivity index (χ0n) is 18.2. The lowest BCUT2D eigenvalue weighted by atomic mass is 9.90. The second-order valence-corrected chi connectivity index (χ2v) is 6.97. The van der Waals surface area contributed by atoms with Crippen LogP contribution in [-0.4, -0.2) is 50.1 Å². The molecule has 2 atom stereocenters. The number of carbonyl (C=O) groups is 4. The van der Waals surface area contributed by atoms with Gasteiger partial charge in [-0.3, -0.25) is 19.2 Å². The van der Waals surface area contributed by atoms with Gasteiger partial charge in [-0.15, -0.1) is 0 Å². The molecular weight excluding hydrogens is 402 g/mol. The Bertz CT molecular complexity index is 615. The first kappa shape index (κ1) is 28.3. The van der Waals surface area contributed by atoms with Gasteiger partial charge < -0.3 is 19.9 Å². The van der Waals surface area contributed by atoms with Crippen LogP contribution in [0, 0.1) is 11.8 Å². The zero-order valence-corrected chi connectivity index (χ0v) is 18.2. The second kappa shape index (κ2) is 18.1. The van der Waals surface area contributed by atoms with Crippen molar-refractivity contribution in [2.75, 3.05) is 26.4 Å². The summed E-state index contributed by atoms with van der Waals surface area (Å²) in [6.07, 6.45) is 6.00. The van der Waals surface area contributed by atoms with Gasteiger partial charge in [0.05, 0.1) is 11.8 Å². The van der Waals surface area contributed by atoms with Crippen molar-refractivity contribution in [3.8, 4) is 0 Å². The third kappa shape index (κ3) is 14.0. The monoisotopic (exact) mass is 437 g/mol. The number of hydrogen-bond donors (Lipinski definition) is 1. The molecule has 174 valence electrons. The van der Waals surface area contributed by atoms with Crippen molar-refractivity contribution in [2.45, 2.75) is 44.9 Å². The first-order valence-electron chi connectivity index (χ1n) is 10.4. The largest absolute Gasteiger partial charge is 0.461 e. The average Bonchev–Trinajstić information content (AvgIpc) is 2.76. The van der Waals surface area contributed by atoms with Crippen LogP contribution in [0.15, 0.2) is 38.0 Å². The molecule has 0 rings (SSSR count). The highest BCUT2D eigenvalue weighted by Crippen LogP contribution is 2.21. The van der Waals surface area contributed by atoms with Gasteiger partial charge in [0, 0.05) is 19.3 Å². The van der Waals surface area contributed by atoms with E-state index in [2.05, 4.69) is 19.7 Å². The van der Waals surface area contributed by atoms with E-state index in [1.165, 1.54) is 18.2 Å². The quantitative estimate of drug-likeness (QED) is 0.142. The van der Waals surface area contributed by atoms with Gasteiger partial charge in [-0.2, -0.15) is 0 Å². The lowest BCUT2D eigenvalue weighted by molar-refractivity contribution is -0.151. The summed E-state index contributed by atoms with van der Waals surface area (Å²) in [4.78, 5) is 49.0. The Morgan fingerprint density at radius 3 is 1.71 bits per heavy atom. The summed E-state index contributed by atoms with van der Waals surface area (Å²) in [6, 6.07) is 0. The van der Waals surface area contributed by atoms with Crippen molar-refractivity contribution in [1.82, 2.24) is 0 Å². The second-order valence-electron chi connectivity index (χ2n) is 6.97. The van der Waals surface area contributed by atoms with E-state index in [4.69, 9.17) is 19.9 Å². The number of unbranched alkanes of at least 4 members (excludes halogenated alkanes) is 1. The Morgan fingerprint density at radius 2 is 1.23 bits per heavy atom. The SMILES string of the molecule is C=CCOC(=O)CC[C@H](CC(=O)C[C@@H](CCCCN)C(=O)OCC=C)C(=O)OCC=C. The van der Waals surface area contributed by atoms with Crippen LogP contribution in [0.4, 0.5) is 0 Å². The first-order chi connectivity index (χ1) is 14.9. The summed E-state index contributed by atoms with van der Waals surface area (Å²) in [5, 5.41) is 0. The van der Waals surface area contributed by atoms with Crippen molar-refractivity contribution < 1.29 is 33.4 Å². The lowest BCUT2D eigenvalue weighted by Gasteiger charge is -2.18. The molecule has 31 heavy (non-hydrogen) atoms. The van der Waals surface area contributed by atoms with Crippen molar-refractivity contribution in [2.24, 2.45) is 17.6 Å². The van der Waals surface area contributed by atoms with Crippen LogP contribution in [0.3, 0.4) is 0 Å². The maximum atomic E-state index is 12.7. The molecule has 2 N–H and O–H groups in total. The predicted octanol–water partition coefficient (Wildman–Crippen LogP) is 2.66. The number of Topliss-reactive ketones (excluding diaryl/α,β-unsaturated/α-hetero) is 1. The van der Waals surface area contributed by atoms with E-state index in [-0.39, 0.29) is 51.3 Å². The zero-order chi connectivity index (χ0) is 23.5. The molecule has 0 fully saturated rings. The van der Waals surface area contributed by atoms with Gasteiger partial charge in [-0.1, -0.05) is 44.4 Å². The highest BCUT2D eigenvalue weighted by Gasteiger charge is 2.28. The summed E-state index contributed by atoms with van der Waals surface area (Å²) >= 11 is 0. The Morgan fingerprint density at radius 1 is 0.742 bits per heavy atom. The third-order valence-corrected chi connectivity index (χ3v) is 4.37. The van der Waals surface area contributed by atoms with Gasteiger partial charge in [0.2, 0.25) is 0 Å². The van der Waals surface area contributed by atoms with Crippen LogP contribution < -0.4 is 5.73 Å². The molecule has 8 nitrogen and oxygen atoms in total. The molecule has 0 aromatic rings. The number of nitrogens with two attached hydrogens (primary N) is 1. The summed E-state index contributed by atoms with van der Waals surface area (Å²) < 4.78 is 15.1. The summed E-state index contributed by atoms with van der Waals surface area (Å²) in [7, 11) is 0. The molecule has 0 aromatic carbocycles. The summed E-state index contributed by atoms with van der Waals surface area (Å²) in [6.45, 7) is 11.1. The molecule has 0 aromatic heterocycles. The van der Waals surface area contributed by atoms with Crippen molar-refractivity contribution in [3.05, 3.63) is 38.0 Å². The van der Waals surface area contributed by atoms with E-state index in [0.29, 0.717) is 19.4 Å². The molecule has 0 saturated carbocycles. The van der Waals surface area contributed by atoms with E-state index in [1.807, 2.05) is 0 Å². The van der Waals surface area contributed by atoms with Crippen molar-refractivity contribution in [1.29, 1.82) is 0 Å². The minimum absolute atomic E-state index is 0.0000271. The van der Waals surface area contributed by atoms with Gasteiger partial charge in [0.15, 0.2) is 0 Å². The maximum absolute atomic E-state index is 12.7. The molecule has 0 bridgehead atoms. The minimum atomic E-state index is -0.822. The molecule has 0 aliphatic carbocycles. The van der Waals surface area contributed by atoms with Crippen LogP contribution in [0.2, 0.25) is 0 Å². The smallest absolute Gasteiger partial charge is 0.309 e. The average molecular weight is 438 g/mol. The van der Waals surface area contributed by atoms with Crippen LogP contribution >= 0.6 is 0 Å². The number of ketones is 1. The van der Waals surface area contributed by atoms with E-state index in [1.54, 1.807) is 0 Å². The minimum Gasteiger partial charge on any atom is -0.461 e. The molecule has 0 saturated heterocycles. The lowest BCUT2D eigenvalue weighted by Crippen LogP contribution is -2.26.